The van der Waals surface area contributed by atoms with Crippen LogP contribution < -0.4 is 0 Å². The number of hydrogen-bond donors (Lipinski definition) is 0. The maximum Gasteiger partial charge on any atom is 0.153 e. The fourth-order valence-corrected chi connectivity index (χ4v) is 2.65. The molecule has 15 heavy (non-hydrogen) atoms. The van der Waals surface area contributed by atoms with E-state index in [1.54, 1.807) is 11.3 Å². The van der Waals surface area contributed by atoms with Gasteiger partial charge in [-0.05, 0) is 29.0 Å². The number of fused-ring (bicyclic) bond motifs is 1. The summed E-state index contributed by atoms with van der Waals surface area (Å²) >= 11 is 1.60. The fourth-order valence-electron chi connectivity index (χ4n) is 2.03. The molecular formula is C13H16NS. The van der Waals surface area contributed by atoms with Crippen molar-refractivity contribution in [1.29, 1.82) is 0 Å². The van der Waals surface area contributed by atoms with E-state index >= 15 is 0 Å². The van der Waals surface area contributed by atoms with E-state index in [4.69, 9.17) is 0 Å². The van der Waals surface area contributed by atoms with Crippen LogP contribution in [-0.4, -0.2) is 4.98 Å². The van der Waals surface area contributed by atoms with Crippen LogP contribution in [0.5, 0.6) is 0 Å². The van der Waals surface area contributed by atoms with Crippen LogP contribution in [0.15, 0.2) is 12.1 Å². The first-order chi connectivity index (χ1) is 7.11. The molecule has 0 fully saturated rings. The van der Waals surface area contributed by atoms with Gasteiger partial charge < -0.3 is 0 Å². The molecule has 2 rings (SSSR count). The molecular weight excluding hydrogens is 202 g/mol. The number of thiazole rings is 1. The third-order valence-electron chi connectivity index (χ3n) is 2.73. The highest BCUT2D eigenvalue weighted by molar-refractivity contribution is 7.16. The van der Waals surface area contributed by atoms with Crippen LogP contribution in [0, 0.1) is 5.51 Å². The van der Waals surface area contributed by atoms with E-state index in [9.17, 15) is 0 Å². The van der Waals surface area contributed by atoms with Gasteiger partial charge in [0.2, 0.25) is 0 Å². The van der Waals surface area contributed by atoms with Gasteiger partial charge >= 0.3 is 0 Å². The first kappa shape index (κ1) is 10.6. The second kappa shape index (κ2) is 3.93. The zero-order valence-corrected chi connectivity index (χ0v) is 10.5. The van der Waals surface area contributed by atoms with E-state index in [1.165, 1.54) is 15.8 Å². The molecule has 1 aromatic carbocycles. The molecule has 0 aliphatic rings. The Morgan fingerprint density at radius 3 is 2.47 bits per heavy atom. The second-order valence-corrected chi connectivity index (χ2v) is 5.36. The van der Waals surface area contributed by atoms with Crippen LogP contribution in [0.1, 0.15) is 50.7 Å². The lowest BCUT2D eigenvalue weighted by molar-refractivity contribution is 0.796. The molecule has 0 spiro atoms. The molecule has 0 atom stereocenters. The maximum atomic E-state index is 4.38. The minimum Gasteiger partial charge on any atom is -0.233 e. The normalized spacial score (nSPS) is 11.9. The van der Waals surface area contributed by atoms with Gasteiger partial charge in [-0.2, -0.15) is 0 Å². The van der Waals surface area contributed by atoms with Crippen molar-refractivity contribution in [2.24, 2.45) is 0 Å². The lowest BCUT2D eigenvalue weighted by Gasteiger charge is -2.16. The van der Waals surface area contributed by atoms with Crippen molar-refractivity contribution in [3.8, 4) is 0 Å². The monoisotopic (exact) mass is 218 g/mol. The average Bonchev–Trinajstić information content (AvgIpc) is 2.62. The van der Waals surface area contributed by atoms with Crippen LogP contribution in [0.25, 0.3) is 10.2 Å². The molecule has 79 valence electrons. The van der Waals surface area contributed by atoms with Crippen molar-refractivity contribution >= 4 is 21.6 Å². The van der Waals surface area contributed by atoms with Crippen molar-refractivity contribution in [1.82, 2.24) is 4.98 Å². The summed E-state index contributed by atoms with van der Waals surface area (Å²) in [5.41, 5.74) is 6.98. The van der Waals surface area contributed by atoms with Crippen LogP contribution in [0.3, 0.4) is 0 Å². The zero-order chi connectivity index (χ0) is 11.0. The van der Waals surface area contributed by atoms with Gasteiger partial charge in [-0.1, -0.05) is 33.8 Å². The summed E-state index contributed by atoms with van der Waals surface area (Å²) in [6.45, 7) is 8.95. The van der Waals surface area contributed by atoms with Crippen LogP contribution in [-0.2, 0) is 0 Å². The summed E-state index contributed by atoms with van der Waals surface area (Å²) in [6, 6.07) is 4.42. The van der Waals surface area contributed by atoms with Gasteiger partial charge in [0.25, 0.3) is 0 Å². The second-order valence-electron chi connectivity index (χ2n) is 4.53. The number of benzene rings is 1. The molecule has 2 aromatic rings. The summed E-state index contributed by atoms with van der Waals surface area (Å²) in [5.74, 6) is 1.09. The van der Waals surface area contributed by atoms with E-state index < -0.39 is 0 Å². The quantitative estimate of drug-likeness (QED) is 0.730. The summed E-state index contributed by atoms with van der Waals surface area (Å²) in [5, 5.41) is 0. The van der Waals surface area contributed by atoms with Crippen molar-refractivity contribution in [3.63, 3.8) is 0 Å². The molecule has 0 saturated heterocycles. The predicted molar refractivity (Wildman–Crippen MR) is 66.6 cm³/mol. The number of aromatic nitrogens is 1. The number of hydrogen-bond acceptors (Lipinski definition) is 2. The number of nitrogens with zero attached hydrogens (tertiary/aromatic N) is 1. The largest absolute Gasteiger partial charge is 0.233 e. The molecule has 1 nitrogen and oxygen atoms in total. The molecule has 0 aliphatic heterocycles. The minimum absolute atomic E-state index is 0.529. The fraction of sp³-hybridized carbons (Fsp3) is 0.462. The Morgan fingerprint density at radius 1 is 1.13 bits per heavy atom. The van der Waals surface area contributed by atoms with Gasteiger partial charge in [-0.3, -0.25) is 0 Å². The van der Waals surface area contributed by atoms with E-state index in [0.717, 1.165) is 5.52 Å². The van der Waals surface area contributed by atoms with Crippen LogP contribution in [0.4, 0.5) is 0 Å². The SMILES string of the molecule is CC(C)c1ccc2s[c]nc2c1C(C)C. The molecule has 0 N–H and O–H groups in total. The zero-order valence-electron chi connectivity index (χ0n) is 9.66. The molecule has 2 heteroatoms. The van der Waals surface area contributed by atoms with Crippen molar-refractivity contribution in [3.05, 3.63) is 28.8 Å². The van der Waals surface area contributed by atoms with E-state index in [1.807, 2.05) is 0 Å². The van der Waals surface area contributed by atoms with Crippen molar-refractivity contribution in [2.75, 3.05) is 0 Å². The van der Waals surface area contributed by atoms with Gasteiger partial charge in [0, 0.05) is 0 Å². The first-order valence-electron chi connectivity index (χ1n) is 5.40. The van der Waals surface area contributed by atoms with Crippen LogP contribution in [0.2, 0.25) is 0 Å². The molecule has 0 saturated carbocycles. The Balaban J connectivity index is 2.75. The molecule has 1 heterocycles. The number of rotatable bonds is 2. The Morgan fingerprint density at radius 2 is 1.87 bits per heavy atom. The van der Waals surface area contributed by atoms with Crippen molar-refractivity contribution in [2.45, 2.75) is 39.5 Å². The highest BCUT2D eigenvalue weighted by Crippen LogP contribution is 2.33. The predicted octanol–water partition coefficient (Wildman–Crippen LogP) is 4.34. The van der Waals surface area contributed by atoms with E-state index in [-0.39, 0.29) is 0 Å². The highest BCUT2D eigenvalue weighted by atomic mass is 32.1. The van der Waals surface area contributed by atoms with Gasteiger partial charge in [0.1, 0.15) is 0 Å². The highest BCUT2D eigenvalue weighted by Gasteiger charge is 2.15. The van der Waals surface area contributed by atoms with Crippen molar-refractivity contribution < 1.29 is 0 Å². The van der Waals surface area contributed by atoms with E-state index in [2.05, 4.69) is 50.3 Å². The lowest BCUT2D eigenvalue weighted by Crippen LogP contribution is -1.99. The van der Waals surface area contributed by atoms with Gasteiger partial charge in [0.15, 0.2) is 5.51 Å². The molecule has 1 aromatic heterocycles. The topological polar surface area (TPSA) is 12.9 Å². The Bertz CT molecular complexity index is 468. The average molecular weight is 218 g/mol. The standard InChI is InChI=1S/C13H16NS/c1-8(2)10-5-6-11-13(14-7-15-11)12(10)9(3)4/h5-6,8-9H,1-4H3. The minimum atomic E-state index is 0.529. The van der Waals surface area contributed by atoms with E-state index in [0.29, 0.717) is 11.8 Å². The lowest BCUT2D eigenvalue weighted by atomic mass is 9.90. The van der Waals surface area contributed by atoms with Gasteiger partial charge in [0.05, 0.1) is 10.2 Å². The molecule has 0 bridgehead atoms. The summed E-state index contributed by atoms with van der Waals surface area (Å²) < 4.78 is 1.25. The molecule has 0 amide bonds. The smallest absolute Gasteiger partial charge is 0.153 e. The summed E-state index contributed by atoms with van der Waals surface area (Å²) in [7, 11) is 0. The summed E-state index contributed by atoms with van der Waals surface area (Å²) in [4.78, 5) is 4.38. The van der Waals surface area contributed by atoms with Gasteiger partial charge in [-0.25, -0.2) is 4.98 Å². The molecule has 0 unspecified atom stereocenters. The van der Waals surface area contributed by atoms with Crippen LogP contribution >= 0.6 is 11.3 Å². The maximum absolute atomic E-state index is 4.38. The molecule has 1 radical (unpaired) electrons. The Hall–Kier alpha value is -0.890. The summed E-state index contributed by atoms with van der Waals surface area (Å²) in [6.07, 6.45) is 0. The Kier molecular flexibility index (Phi) is 2.79. The molecule has 0 aliphatic carbocycles. The first-order valence-corrected chi connectivity index (χ1v) is 6.22. The Labute approximate surface area is 95.2 Å². The van der Waals surface area contributed by atoms with Gasteiger partial charge in [-0.15, -0.1) is 11.3 Å². The third kappa shape index (κ3) is 1.78. The third-order valence-corrected chi connectivity index (χ3v) is 3.46.